The first-order valence-electron chi connectivity index (χ1n) is 7.97. The Morgan fingerprint density at radius 2 is 1.89 bits per heavy atom. The number of amides is 1. The maximum atomic E-state index is 13.8. The molecule has 0 spiro atoms. The molecule has 138 valence electrons. The van der Waals surface area contributed by atoms with E-state index in [2.05, 4.69) is 25.6 Å². The van der Waals surface area contributed by atoms with Gasteiger partial charge < -0.3 is 10.4 Å². The normalized spacial score (nSPS) is 10.4. The number of carbonyl (C=O) groups is 1. The van der Waals surface area contributed by atoms with Crippen molar-refractivity contribution in [1.29, 1.82) is 0 Å². The summed E-state index contributed by atoms with van der Waals surface area (Å²) in [6.45, 7) is 0. The van der Waals surface area contributed by atoms with Crippen molar-refractivity contribution >= 4 is 34.9 Å². The molecule has 3 rings (SSSR count). The van der Waals surface area contributed by atoms with Gasteiger partial charge in [0, 0.05) is 11.9 Å². The number of pyridine rings is 1. The first-order chi connectivity index (χ1) is 13.0. The summed E-state index contributed by atoms with van der Waals surface area (Å²) >= 11 is 5.70. The van der Waals surface area contributed by atoms with E-state index in [0.29, 0.717) is 24.2 Å². The Morgan fingerprint density at radius 3 is 2.70 bits per heavy atom. The van der Waals surface area contributed by atoms with Gasteiger partial charge in [-0.25, -0.2) is 14.2 Å². The molecule has 2 aromatic heterocycles. The van der Waals surface area contributed by atoms with E-state index in [1.807, 2.05) is 18.2 Å². The number of hydrogen-bond acceptors (Lipinski definition) is 5. The number of carboxylic acid groups (broad SMARTS) is 1. The second kappa shape index (κ2) is 8.41. The van der Waals surface area contributed by atoms with Crippen LogP contribution in [0.3, 0.4) is 0 Å². The lowest BCUT2D eigenvalue weighted by Crippen LogP contribution is -2.07. The molecule has 9 heteroatoms. The molecule has 0 unspecified atom stereocenters. The minimum Gasteiger partial charge on any atom is -0.465 e. The van der Waals surface area contributed by atoms with Gasteiger partial charge >= 0.3 is 6.09 Å². The van der Waals surface area contributed by atoms with Gasteiger partial charge in [-0.15, -0.1) is 0 Å². The van der Waals surface area contributed by atoms with Crippen molar-refractivity contribution in [2.24, 2.45) is 0 Å². The van der Waals surface area contributed by atoms with E-state index in [4.69, 9.17) is 16.7 Å². The molecule has 1 amide bonds. The quantitative estimate of drug-likeness (QED) is 0.546. The zero-order chi connectivity index (χ0) is 19.2. The fourth-order valence-corrected chi connectivity index (χ4v) is 2.61. The predicted octanol–water partition coefficient (Wildman–Crippen LogP) is 4.28. The van der Waals surface area contributed by atoms with Crippen LogP contribution in [0, 0.1) is 5.82 Å². The fourth-order valence-electron chi connectivity index (χ4n) is 2.48. The molecule has 7 nitrogen and oxygen atoms in total. The molecule has 0 bridgehead atoms. The molecule has 3 N–H and O–H groups in total. The third-order valence-corrected chi connectivity index (χ3v) is 3.84. The van der Waals surface area contributed by atoms with Gasteiger partial charge in [-0.2, -0.15) is 4.98 Å². The monoisotopic (exact) mass is 387 g/mol. The zero-order valence-electron chi connectivity index (χ0n) is 14.0. The topological polar surface area (TPSA) is 100 Å². The lowest BCUT2D eigenvalue weighted by molar-refractivity contribution is 0.209. The van der Waals surface area contributed by atoms with Crippen molar-refractivity contribution < 1.29 is 14.3 Å². The van der Waals surface area contributed by atoms with Crippen LogP contribution in [0.15, 0.2) is 48.9 Å². The molecule has 0 saturated heterocycles. The highest BCUT2D eigenvalue weighted by molar-refractivity contribution is 6.28. The first-order valence-corrected chi connectivity index (χ1v) is 8.35. The summed E-state index contributed by atoms with van der Waals surface area (Å²) in [6.07, 6.45) is 4.37. The zero-order valence-corrected chi connectivity index (χ0v) is 14.7. The summed E-state index contributed by atoms with van der Waals surface area (Å²) in [5.41, 5.74) is 3.00. The Labute approximate surface area is 159 Å². The van der Waals surface area contributed by atoms with Crippen LogP contribution in [0.25, 0.3) is 0 Å². The Morgan fingerprint density at radius 1 is 1.11 bits per heavy atom. The average molecular weight is 388 g/mol. The second-order valence-electron chi connectivity index (χ2n) is 5.67. The Hall–Kier alpha value is -3.26. The fraction of sp³-hybridized carbons (Fsp3) is 0.111. The number of nitrogens with one attached hydrogen (secondary N) is 2. The number of aryl methyl sites for hydroxylation is 2. The van der Waals surface area contributed by atoms with Gasteiger partial charge in [0.1, 0.15) is 0 Å². The van der Waals surface area contributed by atoms with E-state index < -0.39 is 11.9 Å². The molecule has 2 heterocycles. The standard InChI is InChI=1S/C18H15ClFN5O2/c19-17-22-10-15(20)16(25-17)23-13-3-1-2-11(6-13)4-5-12-7-14(9-21-8-12)24-18(26)27/h1-3,6-10,24H,4-5H2,(H,26,27)(H,22,23,25). The van der Waals surface area contributed by atoms with Crippen molar-refractivity contribution in [1.82, 2.24) is 15.0 Å². The van der Waals surface area contributed by atoms with E-state index in [1.54, 1.807) is 18.3 Å². The van der Waals surface area contributed by atoms with Gasteiger partial charge in [-0.3, -0.25) is 10.3 Å². The maximum absolute atomic E-state index is 13.8. The number of rotatable bonds is 6. The minimum atomic E-state index is -1.13. The van der Waals surface area contributed by atoms with E-state index in [0.717, 1.165) is 17.3 Å². The SMILES string of the molecule is O=C(O)Nc1cncc(CCc2cccc(Nc3nc(Cl)ncc3F)c2)c1. The molecule has 0 aliphatic carbocycles. The van der Waals surface area contributed by atoms with E-state index in [-0.39, 0.29) is 11.1 Å². The molecule has 0 fully saturated rings. The minimum absolute atomic E-state index is 0.00352. The van der Waals surface area contributed by atoms with E-state index in [1.165, 1.54) is 6.20 Å². The van der Waals surface area contributed by atoms with Crippen LogP contribution in [0.5, 0.6) is 0 Å². The number of halogens is 2. The number of benzene rings is 1. The second-order valence-corrected chi connectivity index (χ2v) is 6.01. The molecular weight excluding hydrogens is 373 g/mol. The number of hydrogen-bond donors (Lipinski definition) is 3. The summed E-state index contributed by atoms with van der Waals surface area (Å²) in [5, 5.41) is 13.9. The van der Waals surface area contributed by atoms with Crippen molar-refractivity contribution in [3.63, 3.8) is 0 Å². The van der Waals surface area contributed by atoms with E-state index >= 15 is 0 Å². The average Bonchev–Trinajstić information content (AvgIpc) is 2.63. The third-order valence-electron chi connectivity index (χ3n) is 3.65. The van der Waals surface area contributed by atoms with Gasteiger partial charge in [-0.1, -0.05) is 12.1 Å². The number of anilines is 3. The molecule has 0 saturated carbocycles. The van der Waals surface area contributed by atoms with Crippen molar-refractivity contribution in [2.45, 2.75) is 12.8 Å². The van der Waals surface area contributed by atoms with E-state index in [9.17, 15) is 9.18 Å². The molecule has 27 heavy (non-hydrogen) atoms. The molecule has 0 atom stereocenters. The molecule has 3 aromatic rings. The Balaban J connectivity index is 1.67. The molecule has 1 aromatic carbocycles. The lowest BCUT2D eigenvalue weighted by atomic mass is 10.0. The molecule has 0 aliphatic heterocycles. The summed E-state index contributed by atoms with van der Waals surface area (Å²) in [5.74, 6) is -0.595. The predicted molar refractivity (Wildman–Crippen MR) is 100 cm³/mol. The summed E-state index contributed by atoms with van der Waals surface area (Å²) in [7, 11) is 0. The summed E-state index contributed by atoms with van der Waals surface area (Å²) in [6, 6.07) is 9.20. The van der Waals surface area contributed by atoms with Crippen molar-refractivity contribution in [2.75, 3.05) is 10.6 Å². The first kappa shape index (κ1) is 18.5. The third kappa shape index (κ3) is 5.35. The Kier molecular flexibility index (Phi) is 5.77. The number of aromatic nitrogens is 3. The lowest BCUT2D eigenvalue weighted by Gasteiger charge is -2.09. The summed E-state index contributed by atoms with van der Waals surface area (Å²) in [4.78, 5) is 22.1. The van der Waals surface area contributed by atoms with Gasteiger partial charge in [0.2, 0.25) is 5.28 Å². The van der Waals surface area contributed by atoms with Crippen LogP contribution in [0.1, 0.15) is 11.1 Å². The van der Waals surface area contributed by atoms with Gasteiger partial charge in [-0.05, 0) is 53.8 Å². The van der Waals surface area contributed by atoms with Crippen LogP contribution < -0.4 is 10.6 Å². The van der Waals surface area contributed by atoms with Crippen LogP contribution in [0.2, 0.25) is 5.28 Å². The smallest absolute Gasteiger partial charge is 0.409 e. The highest BCUT2D eigenvalue weighted by atomic mass is 35.5. The summed E-state index contributed by atoms with van der Waals surface area (Å²) < 4.78 is 13.8. The Bertz CT molecular complexity index is 970. The number of nitrogens with zero attached hydrogens (tertiary/aromatic N) is 3. The van der Waals surface area contributed by atoms with Crippen LogP contribution >= 0.6 is 11.6 Å². The maximum Gasteiger partial charge on any atom is 0.409 e. The molecule has 0 radical (unpaired) electrons. The van der Waals surface area contributed by atoms with Crippen molar-refractivity contribution in [3.05, 3.63) is 71.2 Å². The van der Waals surface area contributed by atoms with Crippen LogP contribution in [0.4, 0.5) is 26.4 Å². The van der Waals surface area contributed by atoms with Crippen LogP contribution in [-0.4, -0.2) is 26.2 Å². The largest absolute Gasteiger partial charge is 0.465 e. The van der Waals surface area contributed by atoms with Gasteiger partial charge in [0.15, 0.2) is 11.6 Å². The molecule has 0 aliphatic rings. The van der Waals surface area contributed by atoms with Crippen LogP contribution in [-0.2, 0) is 12.8 Å². The van der Waals surface area contributed by atoms with Crippen molar-refractivity contribution in [3.8, 4) is 0 Å². The highest BCUT2D eigenvalue weighted by Crippen LogP contribution is 2.20. The highest BCUT2D eigenvalue weighted by Gasteiger charge is 2.07. The van der Waals surface area contributed by atoms with Gasteiger partial charge in [0.25, 0.3) is 0 Å². The van der Waals surface area contributed by atoms with Gasteiger partial charge in [0.05, 0.1) is 18.1 Å². The molecular formula is C18H15ClFN5O2.